The van der Waals surface area contributed by atoms with Crippen LogP contribution in [0.15, 0.2) is 24.3 Å². The van der Waals surface area contributed by atoms with Gasteiger partial charge in [0.1, 0.15) is 5.82 Å². The van der Waals surface area contributed by atoms with Crippen molar-refractivity contribution in [2.45, 2.75) is 18.4 Å². The number of benzene rings is 1. The van der Waals surface area contributed by atoms with Gasteiger partial charge in [0.05, 0.1) is 12.1 Å². The Balaban J connectivity index is 2.31. The first-order chi connectivity index (χ1) is 8.66. The summed E-state index contributed by atoms with van der Waals surface area (Å²) in [5.41, 5.74) is 5.55. The van der Waals surface area contributed by atoms with E-state index in [1.165, 1.54) is 12.1 Å². The van der Waals surface area contributed by atoms with Gasteiger partial charge in [0.15, 0.2) is 0 Å². The molecule has 0 aliphatic carbocycles. The minimum absolute atomic E-state index is 0.0715. The van der Waals surface area contributed by atoms with Gasteiger partial charge in [-0.05, 0) is 30.5 Å². The van der Waals surface area contributed by atoms with Gasteiger partial charge in [0, 0.05) is 13.2 Å². The van der Waals surface area contributed by atoms with E-state index < -0.39 is 5.54 Å². The van der Waals surface area contributed by atoms with Crippen molar-refractivity contribution in [1.29, 1.82) is 0 Å². The highest BCUT2D eigenvalue weighted by Crippen LogP contribution is 2.32. The lowest BCUT2D eigenvalue weighted by Gasteiger charge is -2.38. The van der Waals surface area contributed by atoms with Gasteiger partial charge in [0.2, 0.25) is 5.91 Å². The first-order valence-electron chi connectivity index (χ1n) is 6.01. The van der Waals surface area contributed by atoms with Gasteiger partial charge in [0.25, 0.3) is 0 Å². The van der Waals surface area contributed by atoms with Crippen molar-refractivity contribution in [2.24, 2.45) is 5.73 Å². The first-order valence-corrected chi connectivity index (χ1v) is 6.01. The number of amides is 1. The predicted molar refractivity (Wildman–Crippen MR) is 65.3 cm³/mol. The highest BCUT2D eigenvalue weighted by molar-refractivity contribution is 5.78. The van der Waals surface area contributed by atoms with Crippen molar-refractivity contribution >= 4 is 5.91 Å². The first kappa shape index (κ1) is 13.0. The van der Waals surface area contributed by atoms with E-state index in [0.717, 1.165) is 5.56 Å². The van der Waals surface area contributed by atoms with Gasteiger partial charge in [-0.1, -0.05) is 12.1 Å². The zero-order valence-electron chi connectivity index (χ0n) is 10.1. The third-order valence-corrected chi connectivity index (χ3v) is 3.29. The highest BCUT2D eigenvalue weighted by atomic mass is 19.1. The molecule has 1 amide bonds. The number of nitrogens with two attached hydrogens (primary N) is 1. The molecule has 0 saturated carbocycles. The van der Waals surface area contributed by atoms with E-state index in [1.807, 2.05) is 6.07 Å². The molecule has 5 heteroatoms. The molecular weight excluding hydrogens is 235 g/mol. The van der Waals surface area contributed by atoms with E-state index in [4.69, 9.17) is 10.5 Å². The Morgan fingerprint density at radius 2 is 2.17 bits per heavy atom. The number of hydrogen-bond donors (Lipinski definition) is 2. The molecule has 1 aliphatic rings. The summed E-state index contributed by atoms with van der Waals surface area (Å²) in [5.74, 6) is -0.540. The van der Waals surface area contributed by atoms with E-state index in [2.05, 4.69) is 5.32 Å². The maximum absolute atomic E-state index is 13.3. The average molecular weight is 252 g/mol. The van der Waals surface area contributed by atoms with Gasteiger partial charge < -0.3 is 15.8 Å². The van der Waals surface area contributed by atoms with Crippen molar-refractivity contribution in [3.8, 4) is 0 Å². The maximum Gasteiger partial charge on any atom is 0.234 e. The SMILES string of the molecule is NCC(=O)NC1(c2cccc(F)c2)CCOCC1. The summed E-state index contributed by atoms with van der Waals surface area (Å²) in [6.07, 6.45) is 1.25. The summed E-state index contributed by atoms with van der Waals surface area (Å²) in [5, 5.41) is 2.91. The molecule has 1 aliphatic heterocycles. The summed E-state index contributed by atoms with van der Waals surface area (Å²) >= 11 is 0. The second kappa shape index (κ2) is 5.46. The highest BCUT2D eigenvalue weighted by Gasteiger charge is 2.35. The fourth-order valence-corrected chi connectivity index (χ4v) is 2.31. The Labute approximate surface area is 105 Å². The molecule has 0 atom stereocenters. The van der Waals surface area contributed by atoms with Gasteiger partial charge in [-0.15, -0.1) is 0 Å². The zero-order chi connectivity index (χ0) is 13.0. The molecule has 2 rings (SSSR count). The van der Waals surface area contributed by atoms with Crippen LogP contribution in [0.1, 0.15) is 18.4 Å². The van der Waals surface area contributed by atoms with Crippen LogP contribution in [0.25, 0.3) is 0 Å². The summed E-state index contributed by atoms with van der Waals surface area (Å²) in [6.45, 7) is 1.01. The lowest BCUT2D eigenvalue weighted by atomic mass is 9.82. The largest absolute Gasteiger partial charge is 0.381 e. The molecule has 1 heterocycles. The number of nitrogens with one attached hydrogen (secondary N) is 1. The minimum atomic E-state index is -0.559. The Kier molecular flexibility index (Phi) is 3.93. The Bertz CT molecular complexity index is 431. The van der Waals surface area contributed by atoms with E-state index in [9.17, 15) is 9.18 Å². The molecule has 4 nitrogen and oxygen atoms in total. The molecule has 0 aromatic heterocycles. The predicted octanol–water partition coefficient (Wildman–Crippen LogP) is 0.906. The second-order valence-corrected chi connectivity index (χ2v) is 4.46. The van der Waals surface area contributed by atoms with E-state index in [0.29, 0.717) is 26.1 Å². The summed E-state index contributed by atoms with van der Waals surface area (Å²) in [4.78, 5) is 11.6. The van der Waals surface area contributed by atoms with E-state index >= 15 is 0 Å². The Morgan fingerprint density at radius 3 is 2.78 bits per heavy atom. The molecule has 1 aromatic rings. The fraction of sp³-hybridized carbons (Fsp3) is 0.462. The number of carbonyl (C=O) groups excluding carboxylic acids is 1. The normalized spacial score (nSPS) is 18.3. The third kappa shape index (κ3) is 2.68. The van der Waals surface area contributed by atoms with Gasteiger partial charge in [-0.2, -0.15) is 0 Å². The van der Waals surface area contributed by atoms with Crippen LogP contribution in [-0.4, -0.2) is 25.7 Å². The number of halogens is 1. The van der Waals surface area contributed by atoms with Crippen molar-refractivity contribution in [1.82, 2.24) is 5.32 Å². The standard InChI is InChI=1S/C13H17FN2O2/c14-11-3-1-2-10(8-11)13(16-12(17)9-15)4-6-18-7-5-13/h1-3,8H,4-7,9,15H2,(H,16,17). The van der Waals surface area contributed by atoms with Gasteiger partial charge >= 0.3 is 0 Å². The maximum atomic E-state index is 13.3. The molecule has 0 radical (unpaired) electrons. The van der Waals surface area contributed by atoms with Crippen LogP contribution in [0.5, 0.6) is 0 Å². The number of carbonyl (C=O) groups is 1. The lowest BCUT2D eigenvalue weighted by Crippen LogP contribution is -2.51. The summed E-state index contributed by atoms with van der Waals surface area (Å²) < 4.78 is 18.7. The van der Waals surface area contributed by atoms with Crippen LogP contribution >= 0.6 is 0 Å². The van der Waals surface area contributed by atoms with E-state index in [-0.39, 0.29) is 18.3 Å². The quantitative estimate of drug-likeness (QED) is 0.840. The number of hydrogen-bond acceptors (Lipinski definition) is 3. The van der Waals surface area contributed by atoms with Crippen LogP contribution in [0.2, 0.25) is 0 Å². The minimum Gasteiger partial charge on any atom is -0.381 e. The third-order valence-electron chi connectivity index (χ3n) is 3.29. The Morgan fingerprint density at radius 1 is 1.44 bits per heavy atom. The van der Waals surface area contributed by atoms with Crippen molar-refractivity contribution in [3.05, 3.63) is 35.6 Å². The van der Waals surface area contributed by atoms with Crippen LogP contribution in [0.4, 0.5) is 4.39 Å². The zero-order valence-corrected chi connectivity index (χ0v) is 10.1. The molecule has 0 spiro atoms. The molecule has 0 bridgehead atoms. The summed E-state index contributed by atoms with van der Waals surface area (Å²) in [7, 11) is 0. The molecular formula is C13H17FN2O2. The lowest BCUT2D eigenvalue weighted by molar-refractivity contribution is -0.123. The van der Waals surface area contributed by atoms with E-state index in [1.54, 1.807) is 6.07 Å². The molecule has 18 heavy (non-hydrogen) atoms. The molecule has 98 valence electrons. The molecule has 1 aromatic carbocycles. The van der Waals surface area contributed by atoms with Crippen LogP contribution in [0, 0.1) is 5.82 Å². The molecule has 3 N–H and O–H groups in total. The molecule has 1 fully saturated rings. The number of ether oxygens (including phenoxy) is 1. The number of rotatable bonds is 3. The van der Waals surface area contributed by atoms with Crippen LogP contribution < -0.4 is 11.1 Å². The van der Waals surface area contributed by atoms with Crippen molar-refractivity contribution in [3.63, 3.8) is 0 Å². The monoisotopic (exact) mass is 252 g/mol. The second-order valence-electron chi connectivity index (χ2n) is 4.46. The smallest absolute Gasteiger partial charge is 0.234 e. The van der Waals surface area contributed by atoms with Gasteiger partial charge in [-0.3, -0.25) is 4.79 Å². The van der Waals surface area contributed by atoms with Crippen LogP contribution in [-0.2, 0) is 15.1 Å². The average Bonchev–Trinajstić information content (AvgIpc) is 2.39. The van der Waals surface area contributed by atoms with Gasteiger partial charge in [-0.25, -0.2) is 4.39 Å². The Hall–Kier alpha value is -1.46. The summed E-state index contributed by atoms with van der Waals surface area (Å²) in [6, 6.07) is 6.32. The van der Waals surface area contributed by atoms with Crippen molar-refractivity contribution in [2.75, 3.05) is 19.8 Å². The molecule has 0 unspecified atom stereocenters. The topological polar surface area (TPSA) is 64.4 Å². The van der Waals surface area contributed by atoms with Crippen molar-refractivity contribution < 1.29 is 13.9 Å². The molecule has 1 saturated heterocycles. The van der Waals surface area contributed by atoms with Crippen LogP contribution in [0.3, 0.4) is 0 Å². The fourth-order valence-electron chi connectivity index (χ4n) is 2.31.